The van der Waals surface area contributed by atoms with Crippen molar-refractivity contribution < 1.29 is 4.79 Å². The second-order valence-electron chi connectivity index (χ2n) is 5.58. The van der Waals surface area contributed by atoms with E-state index in [4.69, 9.17) is 0 Å². The van der Waals surface area contributed by atoms with Crippen molar-refractivity contribution in [1.82, 2.24) is 19.8 Å². The predicted octanol–water partition coefficient (Wildman–Crippen LogP) is -0.302. The van der Waals surface area contributed by atoms with Crippen molar-refractivity contribution in [3.63, 3.8) is 0 Å². The van der Waals surface area contributed by atoms with E-state index in [1.54, 1.807) is 28.5 Å². The van der Waals surface area contributed by atoms with Gasteiger partial charge in [-0.3, -0.25) is 14.8 Å². The second-order valence-corrected chi connectivity index (χ2v) is 6.59. The van der Waals surface area contributed by atoms with E-state index in [0.29, 0.717) is 9.33 Å². The van der Waals surface area contributed by atoms with Crippen molar-refractivity contribution in [2.75, 3.05) is 14.1 Å². The van der Waals surface area contributed by atoms with Crippen molar-refractivity contribution in [2.45, 2.75) is 12.3 Å². The number of carbonyl (C=O) groups excluding carboxylic acids is 1. The monoisotopic (exact) mass is 329 g/mol. The minimum absolute atomic E-state index is 0.121. The molecule has 0 bridgehead atoms. The maximum atomic E-state index is 12.8. The van der Waals surface area contributed by atoms with Crippen LogP contribution in [-0.2, 0) is 0 Å². The molecule has 4 rings (SSSR count). The lowest BCUT2D eigenvalue weighted by atomic mass is 10.2. The van der Waals surface area contributed by atoms with E-state index in [1.807, 2.05) is 36.4 Å². The van der Waals surface area contributed by atoms with Crippen LogP contribution in [0, 0.1) is 0 Å². The van der Waals surface area contributed by atoms with Crippen molar-refractivity contribution in [1.29, 1.82) is 0 Å². The van der Waals surface area contributed by atoms with Crippen LogP contribution in [0.5, 0.6) is 0 Å². The second kappa shape index (κ2) is 4.95. The molecule has 2 aromatic rings. The van der Waals surface area contributed by atoms with Crippen LogP contribution in [0.15, 0.2) is 40.2 Å². The summed E-state index contributed by atoms with van der Waals surface area (Å²) < 4.78 is 2.20. The molecule has 3 heterocycles. The third-order valence-corrected chi connectivity index (χ3v) is 5.17. The fraction of sp³-hybridized carbons (Fsp3) is 0.267. The molecule has 1 fully saturated rings. The summed E-state index contributed by atoms with van der Waals surface area (Å²) >= 11 is 1.32. The maximum Gasteiger partial charge on any atom is 0.323 e. The number of amides is 2. The quantitative estimate of drug-likeness (QED) is 0.781. The van der Waals surface area contributed by atoms with Gasteiger partial charge in [-0.05, 0) is 11.6 Å². The third kappa shape index (κ3) is 1.98. The van der Waals surface area contributed by atoms with Gasteiger partial charge in [0, 0.05) is 14.1 Å². The summed E-state index contributed by atoms with van der Waals surface area (Å²) in [6, 6.07) is 9.54. The Kier molecular flexibility index (Phi) is 3.02. The minimum Gasteiger partial charge on any atom is -0.303 e. The standard InChI is InChI=1S/C15H15N5O2S/c1-18-11-12(19(2)15(18)22)20-13(21)10(23-14(20)17-16-11)8-9-6-4-3-5-7-9/h3-8,11-12,16H,1-2H3/b10-8-. The average Bonchev–Trinajstić information content (AvgIpc) is 2.99. The number of hydrogen-bond acceptors (Lipinski definition) is 5. The van der Waals surface area contributed by atoms with Gasteiger partial charge in [-0.15, -0.1) is 5.10 Å². The molecule has 2 aliphatic heterocycles. The van der Waals surface area contributed by atoms with Gasteiger partial charge in [-0.2, -0.15) is 0 Å². The Morgan fingerprint density at radius 2 is 1.91 bits per heavy atom. The van der Waals surface area contributed by atoms with Gasteiger partial charge in [0.05, 0.1) is 4.53 Å². The summed E-state index contributed by atoms with van der Waals surface area (Å²) in [5.74, 6) is 0. The highest BCUT2D eigenvalue weighted by Gasteiger charge is 2.46. The smallest absolute Gasteiger partial charge is 0.303 e. The van der Waals surface area contributed by atoms with E-state index in [1.165, 1.54) is 11.3 Å². The molecule has 1 aromatic carbocycles. The summed E-state index contributed by atoms with van der Waals surface area (Å²) in [4.78, 5) is 28.7. The molecule has 1 N–H and O–H groups in total. The lowest BCUT2D eigenvalue weighted by Gasteiger charge is -2.27. The van der Waals surface area contributed by atoms with Crippen LogP contribution < -0.4 is 20.3 Å². The molecule has 0 aliphatic carbocycles. The molecular formula is C15H15N5O2S. The molecule has 2 atom stereocenters. The largest absolute Gasteiger partial charge is 0.323 e. The van der Waals surface area contributed by atoms with E-state index in [0.717, 1.165) is 5.56 Å². The Balaban J connectivity index is 1.90. The number of nitrogens with one attached hydrogen (secondary N) is 1. The van der Waals surface area contributed by atoms with Crippen LogP contribution in [0.25, 0.3) is 6.08 Å². The van der Waals surface area contributed by atoms with Crippen LogP contribution in [-0.4, -0.2) is 40.7 Å². The van der Waals surface area contributed by atoms with E-state index < -0.39 is 0 Å². The Morgan fingerprint density at radius 1 is 1.17 bits per heavy atom. The van der Waals surface area contributed by atoms with E-state index >= 15 is 0 Å². The van der Waals surface area contributed by atoms with Crippen molar-refractivity contribution in [3.8, 4) is 0 Å². The predicted molar refractivity (Wildman–Crippen MR) is 86.3 cm³/mol. The van der Waals surface area contributed by atoms with Crippen LogP contribution in [0.3, 0.4) is 0 Å². The molecule has 23 heavy (non-hydrogen) atoms. The van der Waals surface area contributed by atoms with Crippen LogP contribution in [0.2, 0.25) is 0 Å². The normalized spacial score (nSPS) is 23.4. The minimum atomic E-state index is -0.387. The SMILES string of the molecule is CN1C(=O)N(C)C2C1NN=c1s/c(=C\c3ccccc3)c(=O)n12. The first-order chi connectivity index (χ1) is 11.1. The Bertz CT molecular complexity index is 948. The molecule has 2 unspecified atom stereocenters. The van der Waals surface area contributed by atoms with Gasteiger partial charge in [0.15, 0.2) is 12.3 Å². The highest BCUT2D eigenvalue weighted by atomic mass is 32.1. The van der Waals surface area contributed by atoms with E-state index in [9.17, 15) is 9.59 Å². The topological polar surface area (TPSA) is 69.9 Å². The third-order valence-electron chi connectivity index (χ3n) is 4.19. The zero-order valence-corrected chi connectivity index (χ0v) is 13.4. The van der Waals surface area contributed by atoms with Crippen LogP contribution in [0.1, 0.15) is 11.7 Å². The molecule has 8 heteroatoms. The van der Waals surface area contributed by atoms with E-state index in [-0.39, 0.29) is 23.9 Å². The molecule has 0 radical (unpaired) electrons. The van der Waals surface area contributed by atoms with Gasteiger partial charge in [0.1, 0.15) is 0 Å². The zero-order chi connectivity index (χ0) is 16.1. The lowest BCUT2D eigenvalue weighted by Crippen LogP contribution is -2.52. The average molecular weight is 329 g/mol. The number of hydrogen-bond donors (Lipinski definition) is 1. The zero-order valence-electron chi connectivity index (χ0n) is 12.6. The van der Waals surface area contributed by atoms with Crippen molar-refractivity contribution >= 4 is 23.4 Å². The number of thiazole rings is 1. The van der Waals surface area contributed by atoms with Crippen LogP contribution >= 0.6 is 11.3 Å². The molecule has 2 amide bonds. The number of rotatable bonds is 1. The number of likely N-dealkylation sites (N-methyl/N-ethyl adjacent to an activating group) is 2. The first-order valence-corrected chi connectivity index (χ1v) is 8.00. The Morgan fingerprint density at radius 3 is 2.65 bits per heavy atom. The molecule has 0 saturated carbocycles. The number of fused-ring (bicyclic) bond motifs is 3. The summed E-state index contributed by atoms with van der Waals surface area (Å²) in [7, 11) is 3.40. The first kappa shape index (κ1) is 14.0. The number of carbonyl (C=O) groups is 1. The molecular weight excluding hydrogens is 314 g/mol. The molecule has 7 nitrogen and oxygen atoms in total. The first-order valence-electron chi connectivity index (χ1n) is 7.19. The summed E-state index contributed by atoms with van der Waals surface area (Å²) in [6.07, 6.45) is 1.13. The molecule has 0 spiro atoms. The number of benzene rings is 1. The molecule has 1 aromatic heterocycles. The maximum absolute atomic E-state index is 12.8. The van der Waals surface area contributed by atoms with Crippen LogP contribution in [0.4, 0.5) is 4.79 Å². The lowest BCUT2D eigenvalue weighted by molar-refractivity contribution is 0.171. The highest BCUT2D eigenvalue weighted by Crippen LogP contribution is 2.26. The number of nitrogens with zero attached hydrogens (tertiary/aromatic N) is 4. The summed E-state index contributed by atoms with van der Waals surface area (Å²) in [6.45, 7) is 0. The van der Waals surface area contributed by atoms with Crippen molar-refractivity contribution in [2.24, 2.45) is 5.10 Å². The number of urea groups is 1. The Hall–Kier alpha value is -2.61. The summed E-state index contributed by atoms with van der Waals surface area (Å²) in [5, 5.41) is 4.27. The molecule has 2 aliphatic rings. The van der Waals surface area contributed by atoms with E-state index in [2.05, 4.69) is 10.5 Å². The van der Waals surface area contributed by atoms with Gasteiger partial charge in [0.25, 0.3) is 5.56 Å². The highest BCUT2D eigenvalue weighted by molar-refractivity contribution is 7.07. The summed E-state index contributed by atoms with van der Waals surface area (Å²) in [5.41, 5.74) is 3.82. The van der Waals surface area contributed by atoms with Gasteiger partial charge in [-0.1, -0.05) is 41.7 Å². The van der Waals surface area contributed by atoms with Gasteiger partial charge in [-0.25, -0.2) is 4.79 Å². The molecule has 118 valence electrons. The van der Waals surface area contributed by atoms with Gasteiger partial charge < -0.3 is 9.80 Å². The van der Waals surface area contributed by atoms with Crippen molar-refractivity contribution in [3.05, 3.63) is 55.6 Å². The van der Waals surface area contributed by atoms with Gasteiger partial charge in [0.2, 0.25) is 4.80 Å². The van der Waals surface area contributed by atoms with Gasteiger partial charge >= 0.3 is 6.03 Å². The molecule has 1 saturated heterocycles. The fourth-order valence-corrected chi connectivity index (χ4v) is 3.95. The fourth-order valence-electron chi connectivity index (χ4n) is 2.98. The Labute approximate surface area is 135 Å². The number of aromatic nitrogens is 1.